The molecule has 1 fully saturated rings. The second-order valence-corrected chi connectivity index (χ2v) is 5.70. The first-order valence-electron chi connectivity index (χ1n) is 6.12. The topological polar surface area (TPSA) is 30.2 Å². The summed E-state index contributed by atoms with van der Waals surface area (Å²) in [6.07, 6.45) is 3.15. The van der Waals surface area contributed by atoms with Crippen LogP contribution in [0, 0.1) is 5.92 Å². The van der Waals surface area contributed by atoms with Gasteiger partial charge in [-0.05, 0) is 24.3 Å². The van der Waals surface area contributed by atoms with Crippen molar-refractivity contribution in [2.75, 3.05) is 0 Å². The van der Waals surface area contributed by atoms with E-state index in [1.165, 1.54) is 17.7 Å². The maximum Gasteiger partial charge on any atom is 0.160 e. The summed E-state index contributed by atoms with van der Waals surface area (Å²) in [5, 5.41) is 5.05. The number of nitrogens with zero attached hydrogens (tertiary/aromatic N) is 3. The molecule has 0 aromatic carbocycles. The Morgan fingerprint density at radius 1 is 1.47 bits per heavy atom. The van der Waals surface area contributed by atoms with Crippen LogP contribution in [-0.2, 0) is 0 Å². The average molecular weight is 250 g/mol. The standard InChI is InChI=1S/C13H16ClN3/c1-7(2)10-6-15-17-11(9-4-8(9)3)5-12(14)16-13(10)17/h5-9H,4H2,1-3H3. The van der Waals surface area contributed by atoms with Gasteiger partial charge in [0.25, 0.3) is 0 Å². The number of hydrogen-bond acceptors (Lipinski definition) is 2. The van der Waals surface area contributed by atoms with Crippen LogP contribution in [0.1, 0.15) is 50.3 Å². The Hall–Kier alpha value is -1.09. The third-order valence-corrected chi connectivity index (χ3v) is 3.80. The Kier molecular flexibility index (Phi) is 2.40. The van der Waals surface area contributed by atoms with Crippen LogP contribution in [0.5, 0.6) is 0 Å². The second-order valence-electron chi connectivity index (χ2n) is 5.31. The van der Waals surface area contributed by atoms with Gasteiger partial charge in [0, 0.05) is 11.5 Å². The summed E-state index contributed by atoms with van der Waals surface area (Å²) in [7, 11) is 0. The van der Waals surface area contributed by atoms with Crippen molar-refractivity contribution in [3.63, 3.8) is 0 Å². The van der Waals surface area contributed by atoms with E-state index in [1.54, 1.807) is 0 Å². The SMILES string of the molecule is CC(C)c1cnn2c(C3CC3C)cc(Cl)nc12. The van der Waals surface area contributed by atoms with Crippen LogP contribution in [0.15, 0.2) is 12.3 Å². The maximum atomic E-state index is 6.12. The van der Waals surface area contributed by atoms with Gasteiger partial charge in [0.05, 0.1) is 11.9 Å². The quantitative estimate of drug-likeness (QED) is 0.761. The monoisotopic (exact) mass is 249 g/mol. The fraction of sp³-hybridized carbons (Fsp3) is 0.538. The molecule has 90 valence electrons. The van der Waals surface area contributed by atoms with E-state index in [-0.39, 0.29) is 0 Å². The highest BCUT2D eigenvalue weighted by molar-refractivity contribution is 6.29. The molecule has 2 aromatic rings. The van der Waals surface area contributed by atoms with Gasteiger partial charge in [-0.3, -0.25) is 0 Å². The van der Waals surface area contributed by atoms with Crippen molar-refractivity contribution in [3.05, 3.63) is 28.7 Å². The van der Waals surface area contributed by atoms with Crippen LogP contribution < -0.4 is 0 Å². The summed E-state index contributed by atoms with van der Waals surface area (Å²) >= 11 is 6.12. The lowest BCUT2D eigenvalue weighted by molar-refractivity contribution is 0.801. The van der Waals surface area contributed by atoms with Crippen molar-refractivity contribution >= 4 is 17.2 Å². The van der Waals surface area contributed by atoms with Gasteiger partial charge in [-0.2, -0.15) is 5.10 Å². The van der Waals surface area contributed by atoms with Gasteiger partial charge in [-0.1, -0.05) is 32.4 Å². The van der Waals surface area contributed by atoms with Crippen molar-refractivity contribution < 1.29 is 0 Å². The molecule has 1 saturated carbocycles. The van der Waals surface area contributed by atoms with Gasteiger partial charge in [-0.15, -0.1) is 0 Å². The van der Waals surface area contributed by atoms with Crippen molar-refractivity contribution in [2.24, 2.45) is 5.92 Å². The van der Waals surface area contributed by atoms with Crippen molar-refractivity contribution in [1.82, 2.24) is 14.6 Å². The highest BCUT2D eigenvalue weighted by Gasteiger charge is 2.36. The van der Waals surface area contributed by atoms with Crippen LogP contribution in [0.25, 0.3) is 5.65 Å². The smallest absolute Gasteiger partial charge is 0.160 e. The predicted octanol–water partition coefficient (Wildman–Crippen LogP) is 3.63. The second kappa shape index (κ2) is 3.70. The fourth-order valence-electron chi connectivity index (χ4n) is 2.38. The van der Waals surface area contributed by atoms with Crippen LogP contribution >= 0.6 is 11.6 Å². The lowest BCUT2D eigenvalue weighted by atomic mass is 10.1. The molecule has 3 nitrogen and oxygen atoms in total. The summed E-state index contributed by atoms with van der Waals surface area (Å²) in [5.41, 5.74) is 3.29. The molecule has 2 heterocycles. The van der Waals surface area contributed by atoms with E-state index in [2.05, 4.69) is 30.9 Å². The van der Waals surface area contributed by atoms with E-state index in [0.717, 1.165) is 11.6 Å². The first-order valence-corrected chi connectivity index (χ1v) is 6.49. The number of halogens is 1. The number of fused-ring (bicyclic) bond motifs is 1. The van der Waals surface area contributed by atoms with E-state index in [4.69, 9.17) is 11.6 Å². The van der Waals surface area contributed by atoms with Gasteiger partial charge < -0.3 is 0 Å². The van der Waals surface area contributed by atoms with E-state index < -0.39 is 0 Å². The van der Waals surface area contributed by atoms with Crippen molar-refractivity contribution in [3.8, 4) is 0 Å². The minimum absolute atomic E-state index is 0.419. The third-order valence-electron chi connectivity index (χ3n) is 3.61. The van der Waals surface area contributed by atoms with Crippen LogP contribution in [0.2, 0.25) is 5.15 Å². The Morgan fingerprint density at radius 2 is 2.18 bits per heavy atom. The minimum Gasteiger partial charge on any atom is -0.219 e. The third kappa shape index (κ3) is 1.73. The molecule has 0 saturated heterocycles. The molecule has 0 radical (unpaired) electrons. The summed E-state index contributed by atoms with van der Waals surface area (Å²) < 4.78 is 1.97. The molecule has 0 N–H and O–H groups in total. The minimum atomic E-state index is 0.419. The molecule has 1 aliphatic rings. The molecule has 2 unspecified atom stereocenters. The molecule has 3 rings (SSSR count). The number of aromatic nitrogens is 3. The number of hydrogen-bond donors (Lipinski definition) is 0. The van der Waals surface area contributed by atoms with Crippen LogP contribution in [-0.4, -0.2) is 14.6 Å². The lowest BCUT2D eigenvalue weighted by Gasteiger charge is -2.06. The summed E-state index contributed by atoms with van der Waals surface area (Å²) in [6.45, 7) is 6.57. The summed E-state index contributed by atoms with van der Waals surface area (Å²) in [6, 6.07) is 1.96. The molecule has 0 amide bonds. The largest absolute Gasteiger partial charge is 0.219 e. The Bertz CT molecular complexity index is 573. The first-order chi connectivity index (χ1) is 8.08. The van der Waals surface area contributed by atoms with Gasteiger partial charge in [-0.25, -0.2) is 9.50 Å². The molecular formula is C13H16ClN3. The highest BCUT2D eigenvalue weighted by atomic mass is 35.5. The van der Waals surface area contributed by atoms with Crippen molar-refractivity contribution in [2.45, 2.75) is 39.0 Å². The zero-order valence-electron chi connectivity index (χ0n) is 10.3. The predicted molar refractivity (Wildman–Crippen MR) is 68.6 cm³/mol. The summed E-state index contributed by atoms with van der Waals surface area (Å²) in [5.74, 6) is 1.75. The zero-order chi connectivity index (χ0) is 12.2. The van der Waals surface area contributed by atoms with Crippen LogP contribution in [0.3, 0.4) is 0 Å². The van der Waals surface area contributed by atoms with E-state index in [1.807, 2.05) is 16.8 Å². The molecular weight excluding hydrogens is 234 g/mol. The molecule has 17 heavy (non-hydrogen) atoms. The molecule has 1 aliphatic carbocycles. The van der Waals surface area contributed by atoms with Gasteiger partial charge in [0.15, 0.2) is 5.65 Å². The molecule has 0 bridgehead atoms. The highest BCUT2D eigenvalue weighted by Crippen LogP contribution is 2.47. The molecule has 0 spiro atoms. The van der Waals surface area contributed by atoms with E-state index >= 15 is 0 Å². The van der Waals surface area contributed by atoms with E-state index in [9.17, 15) is 0 Å². The molecule has 0 aliphatic heterocycles. The maximum absolute atomic E-state index is 6.12. The molecule has 2 atom stereocenters. The number of rotatable bonds is 2. The van der Waals surface area contributed by atoms with Crippen LogP contribution in [0.4, 0.5) is 0 Å². The van der Waals surface area contributed by atoms with Gasteiger partial charge >= 0.3 is 0 Å². The van der Waals surface area contributed by atoms with Gasteiger partial charge in [0.1, 0.15) is 5.15 Å². The molecule has 2 aromatic heterocycles. The Labute approximate surface area is 106 Å². The average Bonchev–Trinajstić information content (AvgIpc) is 2.83. The normalized spacial score (nSPS) is 23.6. The zero-order valence-corrected chi connectivity index (χ0v) is 11.1. The lowest BCUT2D eigenvalue weighted by Crippen LogP contribution is -2.01. The first kappa shape index (κ1) is 11.0. The van der Waals surface area contributed by atoms with Gasteiger partial charge in [0.2, 0.25) is 0 Å². The Morgan fingerprint density at radius 3 is 2.76 bits per heavy atom. The molecule has 4 heteroatoms. The fourth-order valence-corrected chi connectivity index (χ4v) is 2.57. The van der Waals surface area contributed by atoms with E-state index in [0.29, 0.717) is 17.0 Å². The summed E-state index contributed by atoms with van der Waals surface area (Å²) in [4.78, 5) is 4.42. The van der Waals surface area contributed by atoms with Crippen molar-refractivity contribution in [1.29, 1.82) is 0 Å². The Balaban J connectivity index is 2.23.